The molecule has 0 saturated carbocycles. The Morgan fingerprint density at radius 2 is 1.71 bits per heavy atom. The van der Waals surface area contributed by atoms with E-state index in [0.717, 1.165) is 4.90 Å². The first-order chi connectivity index (χ1) is 6.40. The third-order valence-electron chi connectivity index (χ3n) is 1.48. The fourth-order valence-corrected chi connectivity index (χ4v) is 0.907. The number of nitrogens with one attached hydrogen (secondary N) is 1. The lowest BCUT2D eigenvalue weighted by atomic mass is 10.3. The molecule has 0 rings (SSSR count). The maximum Gasteiger partial charge on any atom is 0.418 e. The van der Waals surface area contributed by atoms with Crippen molar-refractivity contribution in [2.24, 2.45) is 0 Å². The summed E-state index contributed by atoms with van der Waals surface area (Å²) in [4.78, 5) is 23.8. The van der Waals surface area contributed by atoms with E-state index in [2.05, 4.69) is 5.32 Å². The largest absolute Gasteiger partial charge is 0.446 e. The van der Waals surface area contributed by atoms with Crippen LogP contribution >= 0.6 is 0 Å². The van der Waals surface area contributed by atoms with Crippen molar-refractivity contribution in [2.45, 2.75) is 39.8 Å². The van der Waals surface area contributed by atoms with Crippen LogP contribution < -0.4 is 5.32 Å². The summed E-state index contributed by atoms with van der Waals surface area (Å²) in [5.41, 5.74) is 0. The predicted molar refractivity (Wildman–Crippen MR) is 53.0 cm³/mol. The Bertz CT molecular complexity index is 214. The van der Waals surface area contributed by atoms with Gasteiger partial charge in [0.25, 0.3) is 0 Å². The van der Waals surface area contributed by atoms with Crippen molar-refractivity contribution in [3.63, 3.8) is 0 Å². The second kappa shape index (κ2) is 5.47. The second-order valence-electron chi connectivity index (χ2n) is 3.45. The van der Waals surface area contributed by atoms with Gasteiger partial charge in [0.1, 0.15) is 0 Å². The molecule has 0 unspecified atom stereocenters. The van der Waals surface area contributed by atoms with E-state index < -0.39 is 12.1 Å². The van der Waals surface area contributed by atoms with Gasteiger partial charge in [0.2, 0.25) is 0 Å². The van der Waals surface area contributed by atoms with Crippen LogP contribution in [0.1, 0.15) is 27.7 Å². The van der Waals surface area contributed by atoms with Crippen molar-refractivity contribution in [1.29, 1.82) is 0 Å². The molecule has 0 saturated heterocycles. The van der Waals surface area contributed by atoms with Crippen molar-refractivity contribution < 1.29 is 14.3 Å². The molecule has 0 fully saturated rings. The zero-order chi connectivity index (χ0) is 11.3. The van der Waals surface area contributed by atoms with E-state index in [1.165, 1.54) is 7.05 Å². The number of nitrogens with zero attached hydrogens (tertiary/aromatic N) is 1. The molecule has 0 aliphatic heterocycles. The van der Waals surface area contributed by atoms with Gasteiger partial charge in [-0.25, -0.2) is 14.5 Å². The molecule has 82 valence electrons. The van der Waals surface area contributed by atoms with Crippen molar-refractivity contribution >= 4 is 12.1 Å². The van der Waals surface area contributed by atoms with Crippen LogP contribution in [0.3, 0.4) is 0 Å². The lowest BCUT2D eigenvalue weighted by molar-refractivity contribution is 0.0781. The van der Waals surface area contributed by atoms with Gasteiger partial charge in [-0.3, -0.25) is 0 Å². The Kier molecular flexibility index (Phi) is 4.97. The summed E-state index contributed by atoms with van der Waals surface area (Å²) in [6, 6.07) is -0.674. The van der Waals surface area contributed by atoms with E-state index in [-0.39, 0.29) is 12.1 Å². The van der Waals surface area contributed by atoms with Crippen LogP contribution in [0.15, 0.2) is 0 Å². The molecule has 0 spiro atoms. The molecular formula is C9H18N2O3. The highest BCUT2D eigenvalue weighted by atomic mass is 16.6. The Balaban J connectivity index is 4.50. The van der Waals surface area contributed by atoms with Gasteiger partial charge >= 0.3 is 12.1 Å². The van der Waals surface area contributed by atoms with Crippen LogP contribution in [0.2, 0.25) is 0 Å². The molecular weight excluding hydrogens is 184 g/mol. The van der Waals surface area contributed by atoms with Gasteiger partial charge in [0, 0.05) is 13.1 Å². The van der Waals surface area contributed by atoms with Crippen LogP contribution in [0, 0.1) is 0 Å². The van der Waals surface area contributed by atoms with E-state index in [1.54, 1.807) is 27.7 Å². The van der Waals surface area contributed by atoms with E-state index in [1.807, 2.05) is 0 Å². The van der Waals surface area contributed by atoms with E-state index >= 15 is 0 Å². The Labute approximate surface area is 84.4 Å². The van der Waals surface area contributed by atoms with Crippen molar-refractivity contribution in [3.05, 3.63) is 0 Å². The van der Waals surface area contributed by atoms with Crippen LogP contribution in [-0.4, -0.2) is 36.2 Å². The molecule has 1 N–H and O–H groups in total. The normalized spacial score (nSPS) is 10.2. The predicted octanol–water partition coefficient (Wildman–Crippen LogP) is 1.58. The number of hydrogen-bond donors (Lipinski definition) is 1. The molecule has 0 aliphatic rings. The minimum absolute atomic E-state index is 0.221. The highest BCUT2D eigenvalue weighted by Gasteiger charge is 2.25. The van der Waals surface area contributed by atoms with Crippen LogP contribution in [0.4, 0.5) is 9.59 Å². The Morgan fingerprint density at radius 1 is 1.21 bits per heavy atom. The second-order valence-corrected chi connectivity index (χ2v) is 3.45. The summed E-state index contributed by atoms with van der Waals surface area (Å²) >= 11 is 0. The number of amides is 3. The molecule has 0 aromatic carbocycles. The van der Waals surface area contributed by atoms with E-state index in [9.17, 15) is 9.59 Å². The minimum Gasteiger partial charge on any atom is -0.446 e. The van der Waals surface area contributed by atoms with Gasteiger partial charge < -0.3 is 10.1 Å². The molecule has 0 aromatic heterocycles. The molecule has 0 aliphatic carbocycles. The van der Waals surface area contributed by atoms with Gasteiger partial charge in [0.15, 0.2) is 0 Å². The van der Waals surface area contributed by atoms with Crippen molar-refractivity contribution in [1.82, 2.24) is 10.2 Å². The summed E-state index contributed by atoms with van der Waals surface area (Å²) < 4.78 is 4.92. The molecule has 14 heavy (non-hydrogen) atoms. The molecule has 0 atom stereocenters. The van der Waals surface area contributed by atoms with Gasteiger partial charge in [0.05, 0.1) is 6.10 Å². The Morgan fingerprint density at radius 3 is 2.00 bits per heavy atom. The summed E-state index contributed by atoms with van der Waals surface area (Å²) in [5.74, 6) is 0. The first-order valence-electron chi connectivity index (χ1n) is 4.61. The third kappa shape index (κ3) is 3.64. The SMILES string of the molecule is CNC(=O)N(C(=O)OC(C)C)C(C)C. The number of carbonyl (C=O) groups excluding carboxylic acids is 2. The first-order valence-corrected chi connectivity index (χ1v) is 4.61. The fraction of sp³-hybridized carbons (Fsp3) is 0.778. The monoisotopic (exact) mass is 202 g/mol. The molecule has 0 heterocycles. The number of rotatable bonds is 2. The molecule has 0 bridgehead atoms. The third-order valence-corrected chi connectivity index (χ3v) is 1.48. The average molecular weight is 202 g/mol. The van der Waals surface area contributed by atoms with Gasteiger partial charge in [-0.05, 0) is 27.7 Å². The topological polar surface area (TPSA) is 58.6 Å². The maximum absolute atomic E-state index is 11.4. The quantitative estimate of drug-likeness (QED) is 0.739. The molecule has 5 nitrogen and oxygen atoms in total. The number of urea groups is 1. The summed E-state index contributed by atoms with van der Waals surface area (Å²) in [6.07, 6.45) is -0.845. The lowest BCUT2D eigenvalue weighted by Gasteiger charge is -2.24. The van der Waals surface area contributed by atoms with Gasteiger partial charge in [-0.1, -0.05) is 0 Å². The Hall–Kier alpha value is -1.26. The maximum atomic E-state index is 11.4. The first kappa shape index (κ1) is 12.7. The van der Waals surface area contributed by atoms with Gasteiger partial charge in [-0.2, -0.15) is 0 Å². The zero-order valence-corrected chi connectivity index (χ0v) is 9.33. The summed E-state index contributed by atoms with van der Waals surface area (Å²) in [7, 11) is 1.47. The highest BCUT2D eigenvalue weighted by Crippen LogP contribution is 2.04. The fourth-order valence-electron chi connectivity index (χ4n) is 0.907. The van der Waals surface area contributed by atoms with Crippen molar-refractivity contribution in [3.8, 4) is 0 Å². The number of hydrogen-bond acceptors (Lipinski definition) is 3. The molecule has 3 amide bonds. The molecule has 5 heteroatoms. The summed E-state index contributed by atoms with van der Waals surface area (Å²) in [6.45, 7) is 6.97. The lowest BCUT2D eigenvalue weighted by Crippen LogP contribution is -2.47. The number of imide groups is 1. The highest BCUT2D eigenvalue weighted by molar-refractivity contribution is 5.91. The number of ether oxygens (including phenoxy) is 1. The zero-order valence-electron chi connectivity index (χ0n) is 9.33. The van der Waals surface area contributed by atoms with Crippen molar-refractivity contribution in [2.75, 3.05) is 7.05 Å². The standard InChI is InChI=1S/C9H18N2O3/c1-6(2)11(8(12)10-5)9(13)14-7(3)4/h6-7H,1-5H3,(H,10,12). The molecule has 0 aromatic rings. The smallest absolute Gasteiger partial charge is 0.418 e. The number of carbonyl (C=O) groups is 2. The van der Waals surface area contributed by atoms with Crippen LogP contribution in [-0.2, 0) is 4.74 Å². The average Bonchev–Trinajstić information content (AvgIpc) is 2.01. The van der Waals surface area contributed by atoms with Crippen LogP contribution in [0.25, 0.3) is 0 Å². The van der Waals surface area contributed by atoms with Gasteiger partial charge in [-0.15, -0.1) is 0 Å². The molecule has 0 radical (unpaired) electrons. The van der Waals surface area contributed by atoms with Crippen LogP contribution in [0.5, 0.6) is 0 Å². The van der Waals surface area contributed by atoms with E-state index in [0.29, 0.717) is 0 Å². The minimum atomic E-state index is -0.616. The van der Waals surface area contributed by atoms with E-state index in [4.69, 9.17) is 4.74 Å². The summed E-state index contributed by atoms with van der Waals surface area (Å²) in [5, 5.41) is 2.39.